The maximum absolute atomic E-state index is 2.51. The van der Waals surface area contributed by atoms with Crippen molar-refractivity contribution in [1.82, 2.24) is 9.13 Å². The zero-order valence-electron chi connectivity index (χ0n) is 23.1. The van der Waals surface area contributed by atoms with E-state index in [1.807, 2.05) is 0 Å². The van der Waals surface area contributed by atoms with E-state index in [-0.39, 0.29) is 0 Å². The Bertz CT molecular complexity index is 2380. The first kappa shape index (κ1) is 23.4. The molecule has 0 fully saturated rings. The summed E-state index contributed by atoms with van der Waals surface area (Å²) in [5.41, 5.74) is 8.78. The molecule has 6 aromatic carbocycles. The first-order valence-corrected chi connectivity index (χ1v) is 14.7. The molecule has 1 aliphatic carbocycles. The topological polar surface area (TPSA) is 9.86 Å². The standard InChI is InChI=1S/C40H28N2/c1-2-11-27(12-3-1)28-21-23-30(24-22-28)41-37-18-8-6-16-32(37)34-25-26-35-33-17-7-9-19-38(33)42(40(35)39(34)41)36-20-10-14-29-13-4-5-15-31(29)36/h1-21,23-26,28H,22H2. The lowest BCUT2D eigenvalue weighted by Gasteiger charge is -2.19. The Hall–Kier alpha value is -5.34. The van der Waals surface area contributed by atoms with Crippen LogP contribution >= 0.6 is 0 Å². The highest BCUT2D eigenvalue weighted by Crippen LogP contribution is 2.43. The van der Waals surface area contributed by atoms with Gasteiger partial charge in [0.15, 0.2) is 0 Å². The summed E-state index contributed by atoms with van der Waals surface area (Å²) in [6.07, 6.45) is 8.11. The largest absolute Gasteiger partial charge is 0.308 e. The number of fused-ring (bicyclic) bond motifs is 8. The Morgan fingerprint density at radius 2 is 1.07 bits per heavy atom. The predicted molar refractivity (Wildman–Crippen MR) is 179 cm³/mol. The number of allylic oxidation sites excluding steroid dienone is 4. The van der Waals surface area contributed by atoms with Crippen LogP contribution in [0.2, 0.25) is 0 Å². The summed E-state index contributed by atoms with van der Waals surface area (Å²) in [6.45, 7) is 0. The van der Waals surface area contributed by atoms with Crippen LogP contribution in [0.4, 0.5) is 0 Å². The molecule has 2 aromatic heterocycles. The highest BCUT2D eigenvalue weighted by Gasteiger charge is 2.23. The fraction of sp³-hybridized carbons (Fsp3) is 0.0500. The van der Waals surface area contributed by atoms with Gasteiger partial charge in [0.2, 0.25) is 0 Å². The molecule has 0 amide bonds. The summed E-state index contributed by atoms with van der Waals surface area (Å²) >= 11 is 0. The molecule has 2 heterocycles. The van der Waals surface area contributed by atoms with Crippen LogP contribution in [0, 0.1) is 0 Å². The third-order valence-electron chi connectivity index (χ3n) is 9.04. The van der Waals surface area contributed by atoms with E-state index in [1.165, 1.54) is 71.3 Å². The van der Waals surface area contributed by atoms with Gasteiger partial charge in [0.25, 0.3) is 0 Å². The van der Waals surface area contributed by atoms with Crippen molar-refractivity contribution < 1.29 is 0 Å². The van der Waals surface area contributed by atoms with Crippen LogP contribution in [0.3, 0.4) is 0 Å². The second-order valence-electron chi connectivity index (χ2n) is 11.3. The van der Waals surface area contributed by atoms with Gasteiger partial charge >= 0.3 is 0 Å². The van der Waals surface area contributed by atoms with Gasteiger partial charge in [-0.25, -0.2) is 0 Å². The number of hydrogen-bond donors (Lipinski definition) is 0. The van der Waals surface area contributed by atoms with Gasteiger partial charge in [0.1, 0.15) is 0 Å². The van der Waals surface area contributed by atoms with Crippen LogP contribution < -0.4 is 0 Å². The van der Waals surface area contributed by atoms with Gasteiger partial charge in [-0.05, 0) is 41.6 Å². The number of hydrogen-bond acceptors (Lipinski definition) is 0. The second kappa shape index (κ2) is 9.09. The van der Waals surface area contributed by atoms with Crippen molar-refractivity contribution in [2.45, 2.75) is 12.3 Å². The van der Waals surface area contributed by atoms with Gasteiger partial charge in [0.05, 0.1) is 27.8 Å². The lowest BCUT2D eigenvalue weighted by Crippen LogP contribution is -2.04. The van der Waals surface area contributed by atoms with Gasteiger partial charge in [0, 0.05) is 38.5 Å². The smallest absolute Gasteiger partial charge is 0.0789 e. The summed E-state index contributed by atoms with van der Waals surface area (Å²) in [5.74, 6) is 0.394. The minimum absolute atomic E-state index is 0.394. The van der Waals surface area contributed by atoms with Crippen molar-refractivity contribution in [2.24, 2.45) is 0 Å². The van der Waals surface area contributed by atoms with Crippen LogP contribution in [-0.4, -0.2) is 9.13 Å². The third kappa shape index (κ3) is 3.33. The van der Waals surface area contributed by atoms with E-state index in [9.17, 15) is 0 Å². The van der Waals surface area contributed by atoms with Crippen molar-refractivity contribution in [3.63, 3.8) is 0 Å². The summed E-state index contributed by atoms with van der Waals surface area (Å²) in [6, 6.07) is 48.6. The second-order valence-corrected chi connectivity index (χ2v) is 11.3. The Balaban J connectivity index is 1.41. The van der Waals surface area contributed by atoms with Gasteiger partial charge in [-0.3, -0.25) is 0 Å². The molecule has 1 unspecified atom stereocenters. The van der Waals surface area contributed by atoms with Crippen LogP contribution in [-0.2, 0) is 0 Å². The average Bonchev–Trinajstić information content (AvgIpc) is 3.58. The predicted octanol–water partition coefficient (Wildman–Crippen LogP) is 10.6. The zero-order valence-corrected chi connectivity index (χ0v) is 23.1. The molecular formula is C40H28N2. The highest BCUT2D eigenvalue weighted by molar-refractivity contribution is 6.24. The molecule has 1 atom stereocenters. The van der Waals surface area contributed by atoms with Crippen molar-refractivity contribution in [1.29, 1.82) is 0 Å². The van der Waals surface area contributed by atoms with Gasteiger partial charge < -0.3 is 9.13 Å². The van der Waals surface area contributed by atoms with E-state index >= 15 is 0 Å². The SMILES string of the molecule is C1=CC(c2ccccc2)CC=C1n1c2ccccc2c2ccc3c4ccccc4n(-c4cccc5ccccc45)c3c21. The molecule has 0 saturated carbocycles. The molecule has 198 valence electrons. The maximum atomic E-state index is 2.51. The molecule has 0 bridgehead atoms. The zero-order chi connectivity index (χ0) is 27.6. The first-order chi connectivity index (χ1) is 20.9. The third-order valence-corrected chi connectivity index (χ3v) is 9.04. The normalized spacial score (nSPS) is 15.3. The molecule has 0 aliphatic heterocycles. The van der Waals surface area contributed by atoms with Crippen LogP contribution in [0.1, 0.15) is 17.9 Å². The molecule has 2 heteroatoms. The maximum Gasteiger partial charge on any atom is 0.0789 e. The molecule has 0 spiro atoms. The fourth-order valence-electron chi connectivity index (χ4n) is 7.14. The quantitative estimate of drug-likeness (QED) is 0.213. The fourth-order valence-corrected chi connectivity index (χ4v) is 7.14. The minimum Gasteiger partial charge on any atom is -0.308 e. The number of nitrogens with zero attached hydrogens (tertiary/aromatic N) is 2. The Morgan fingerprint density at radius 3 is 1.79 bits per heavy atom. The summed E-state index contributed by atoms with van der Waals surface area (Å²) in [7, 11) is 0. The summed E-state index contributed by atoms with van der Waals surface area (Å²) in [5, 5.41) is 7.61. The van der Waals surface area contributed by atoms with Crippen molar-refractivity contribution in [3.05, 3.63) is 157 Å². The van der Waals surface area contributed by atoms with Gasteiger partial charge in [-0.2, -0.15) is 0 Å². The number of para-hydroxylation sites is 2. The van der Waals surface area contributed by atoms with Crippen molar-refractivity contribution in [3.8, 4) is 5.69 Å². The van der Waals surface area contributed by atoms with E-state index in [4.69, 9.17) is 0 Å². The molecule has 0 N–H and O–H groups in total. The van der Waals surface area contributed by atoms with Crippen molar-refractivity contribution >= 4 is 60.1 Å². The number of benzene rings is 6. The van der Waals surface area contributed by atoms with Crippen LogP contribution in [0.25, 0.3) is 65.8 Å². The molecule has 8 aromatic rings. The number of rotatable bonds is 3. The van der Waals surface area contributed by atoms with Crippen LogP contribution in [0.5, 0.6) is 0 Å². The van der Waals surface area contributed by atoms with Crippen molar-refractivity contribution in [2.75, 3.05) is 0 Å². The average molecular weight is 537 g/mol. The molecule has 0 radical (unpaired) electrons. The van der Waals surface area contributed by atoms with E-state index in [0.717, 1.165) is 6.42 Å². The summed E-state index contributed by atoms with van der Waals surface area (Å²) in [4.78, 5) is 0. The van der Waals surface area contributed by atoms with Crippen LogP contribution in [0.15, 0.2) is 152 Å². The highest BCUT2D eigenvalue weighted by atomic mass is 15.0. The van der Waals surface area contributed by atoms with E-state index in [1.54, 1.807) is 0 Å². The first-order valence-electron chi connectivity index (χ1n) is 14.7. The molecule has 9 rings (SSSR count). The molecule has 42 heavy (non-hydrogen) atoms. The Labute approximate surface area is 244 Å². The minimum atomic E-state index is 0.394. The van der Waals surface area contributed by atoms with E-state index in [2.05, 4.69) is 161 Å². The molecule has 0 saturated heterocycles. The summed E-state index contributed by atoms with van der Waals surface area (Å²) < 4.78 is 5.01. The number of aromatic nitrogens is 2. The lowest BCUT2D eigenvalue weighted by atomic mass is 9.92. The Morgan fingerprint density at radius 1 is 0.476 bits per heavy atom. The van der Waals surface area contributed by atoms with Gasteiger partial charge in [-0.1, -0.05) is 127 Å². The van der Waals surface area contributed by atoms with E-state index < -0.39 is 0 Å². The lowest BCUT2D eigenvalue weighted by molar-refractivity contribution is 0.850. The Kier molecular flexibility index (Phi) is 5.06. The molecule has 2 nitrogen and oxygen atoms in total. The van der Waals surface area contributed by atoms with E-state index in [0.29, 0.717) is 5.92 Å². The van der Waals surface area contributed by atoms with Gasteiger partial charge in [-0.15, -0.1) is 0 Å². The molecule has 1 aliphatic rings. The molecular weight excluding hydrogens is 508 g/mol. The monoisotopic (exact) mass is 536 g/mol.